The van der Waals surface area contributed by atoms with E-state index in [2.05, 4.69) is 19.8 Å². The van der Waals surface area contributed by atoms with E-state index in [-0.39, 0.29) is 23.4 Å². The standard InChI is InChI=1S/C25H22F3N5O3S/c1-15-7-10-29-24(31-15)32-37(34,35)17-4-6-20-19(9-12-36-23(20)14-17)18-5-3-16(25(26,27)28)13-21(18)22-8-11-30-33(22)2/h3-8,10-11,13-14,19H,9,12H2,1-2H3,(H,29,31,32)/t19-/m0/s1. The van der Waals surface area contributed by atoms with Gasteiger partial charge >= 0.3 is 6.18 Å². The average molecular weight is 530 g/mol. The maximum absolute atomic E-state index is 13.5. The van der Waals surface area contributed by atoms with Crippen molar-refractivity contribution < 1.29 is 26.3 Å². The van der Waals surface area contributed by atoms with Gasteiger partial charge in [-0.1, -0.05) is 12.1 Å². The van der Waals surface area contributed by atoms with Gasteiger partial charge in [0.25, 0.3) is 10.0 Å². The van der Waals surface area contributed by atoms with E-state index in [4.69, 9.17) is 4.74 Å². The Bertz CT molecular complexity index is 1580. The molecule has 0 saturated heterocycles. The molecule has 0 amide bonds. The largest absolute Gasteiger partial charge is 0.493 e. The first-order valence-electron chi connectivity index (χ1n) is 11.3. The molecule has 0 fully saturated rings. The minimum atomic E-state index is -4.50. The number of anilines is 1. The van der Waals surface area contributed by atoms with Crippen LogP contribution in [0, 0.1) is 6.92 Å². The highest BCUT2D eigenvalue weighted by Gasteiger charge is 2.33. The van der Waals surface area contributed by atoms with Gasteiger partial charge in [-0.3, -0.25) is 4.68 Å². The van der Waals surface area contributed by atoms with E-state index < -0.39 is 21.8 Å². The van der Waals surface area contributed by atoms with Gasteiger partial charge in [-0.25, -0.2) is 23.1 Å². The van der Waals surface area contributed by atoms with E-state index in [1.54, 1.807) is 32.2 Å². The van der Waals surface area contributed by atoms with Crippen molar-refractivity contribution in [3.63, 3.8) is 0 Å². The minimum Gasteiger partial charge on any atom is -0.493 e. The zero-order valence-electron chi connectivity index (χ0n) is 19.8. The molecule has 0 radical (unpaired) electrons. The van der Waals surface area contributed by atoms with E-state index >= 15 is 0 Å². The van der Waals surface area contributed by atoms with Crippen LogP contribution >= 0.6 is 0 Å². The molecule has 0 saturated carbocycles. The molecule has 1 aliphatic heterocycles. The number of alkyl halides is 3. The van der Waals surface area contributed by atoms with Gasteiger partial charge in [-0.05, 0) is 49.2 Å². The fourth-order valence-electron chi connectivity index (χ4n) is 4.43. The van der Waals surface area contributed by atoms with Crippen molar-refractivity contribution in [2.24, 2.45) is 7.05 Å². The second-order valence-corrected chi connectivity index (χ2v) is 10.3. The molecule has 2 aromatic heterocycles. The van der Waals surface area contributed by atoms with Crippen LogP contribution in [0.3, 0.4) is 0 Å². The molecule has 192 valence electrons. The fraction of sp³-hybridized carbons (Fsp3) is 0.240. The maximum atomic E-state index is 13.5. The van der Waals surface area contributed by atoms with Crippen LogP contribution in [0.4, 0.5) is 19.1 Å². The third kappa shape index (κ3) is 4.88. The first-order chi connectivity index (χ1) is 17.5. The molecule has 1 aliphatic rings. The average Bonchev–Trinajstić information content (AvgIpc) is 3.27. The van der Waals surface area contributed by atoms with E-state index in [0.717, 1.165) is 12.1 Å². The third-order valence-electron chi connectivity index (χ3n) is 6.21. The lowest BCUT2D eigenvalue weighted by Crippen LogP contribution is -2.19. The van der Waals surface area contributed by atoms with E-state index in [9.17, 15) is 21.6 Å². The second-order valence-electron chi connectivity index (χ2n) is 8.66. The number of sulfonamides is 1. The number of fused-ring (bicyclic) bond motifs is 1. The minimum absolute atomic E-state index is 0.0451. The molecule has 1 N–H and O–H groups in total. The number of nitrogens with zero attached hydrogens (tertiary/aromatic N) is 4. The van der Waals surface area contributed by atoms with Crippen LogP contribution in [0.5, 0.6) is 5.75 Å². The van der Waals surface area contributed by atoms with Crippen LogP contribution < -0.4 is 9.46 Å². The van der Waals surface area contributed by atoms with Crippen LogP contribution in [-0.4, -0.2) is 34.8 Å². The number of ether oxygens (including phenoxy) is 1. The Labute approximate surface area is 211 Å². The molecule has 0 bridgehead atoms. The molecule has 12 heteroatoms. The van der Waals surface area contributed by atoms with Gasteiger partial charge in [0.15, 0.2) is 0 Å². The molecule has 0 unspecified atom stereocenters. The zero-order chi connectivity index (χ0) is 26.4. The number of halogens is 3. The Morgan fingerprint density at radius 3 is 2.54 bits per heavy atom. The summed E-state index contributed by atoms with van der Waals surface area (Å²) in [7, 11) is -2.34. The molecule has 8 nitrogen and oxygen atoms in total. The summed E-state index contributed by atoms with van der Waals surface area (Å²) >= 11 is 0. The third-order valence-corrected chi connectivity index (χ3v) is 7.53. The number of benzene rings is 2. The molecule has 2 aromatic carbocycles. The Morgan fingerprint density at radius 2 is 1.84 bits per heavy atom. The van der Waals surface area contributed by atoms with Gasteiger partial charge in [-0.2, -0.15) is 18.3 Å². The predicted molar refractivity (Wildman–Crippen MR) is 130 cm³/mol. The van der Waals surface area contributed by atoms with E-state index in [0.29, 0.717) is 40.2 Å². The van der Waals surface area contributed by atoms with Crippen molar-refractivity contribution in [3.8, 4) is 17.0 Å². The summed E-state index contributed by atoms with van der Waals surface area (Å²) in [5.41, 5.74) is 2.14. The summed E-state index contributed by atoms with van der Waals surface area (Å²) in [4.78, 5) is 7.96. The first-order valence-corrected chi connectivity index (χ1v) is 12.8. The maximum Gasteiger partial charge on any atom is 0.416 e. The fourth-order valence-corrected chi connectivity index (χ4v) is 5.40. The first kappa shape index (κ1) is 24.8. The number of aromatic nitrogens is 4. The highest BCUT2D eigenvalue weighted by Crippen LogP contribution is 2.44. The summed E-state index contributed by atoms with van der Waals surface area (Å²) in [5, 5.41) is 4.12. The normalized spacial score (nSPS) is 15.6. The smallest absolute Gasteiger partial charge is 0.416 e. The molecule has 1 atom stereocenters. The SMILES string of the molecule is Cc1ccnc(NS(=O)(=O)c2ccc3c(c2)OCC[C@H]3c2ccc(C(F)(F)F)cc2-c2ccnn2C)n1. The van der Waals surface area contributed by atoms with Gasteiger partial charge in [0, 0.05) is 48.2 Å². The second kappa shape index (κ2) is 9.18. The van der Waals surface area contributed by atoms with Gasteiger partial charge in [0.1, 0.15) is 5.75 Å². The Hall–Kier alpha value is -3.93. The number of aryl methyl sites for hydroxylation is 2. The van der Waals surface area contributed by atoms with Crippen LogP contribution in [-0.2, 0) is 23.2 Å². The van der Waals surface area contributed by atoms with E-state index in [1.165, 1.54) is 35.3 Å². The quantitative estimate of drug-likeness (QED) is 0.394. The molecular formula is C25H22F3N5O3S. The topological polar surface area (TPSA) is 99.0 Å². The van der Waals surface area contributed by atoms with Crippen LogP contribution in [0.1, 0.15) is 34.7 Å². The molecule has 4 aromatic rings. The van der Waals surface area contributed by atoms with Crippen molar-refractivity contribution in [3.05, 3.63) is 83.3 Å². The van der Waals surface area contributed by atoms with Crippen molar-refractivity contribution in [2.75, 3.05) is 11.3 Å². The number of hydrogen-bond acceptors (Lipinski definition) is 6. The molecule has 5 rings (SSSR count). The Morgan fingerprint density at radius 1 is 1.05 bits per heavy atom. The van der Waals surface area contributed by atoms with Gasteiger partial charge in [0.2, 0.25) is 5.95 Å². The van der Waals surface area contributed by atoms with Crippen LogP contribution in [0.25, 0.3) is 11.3 Å². The summed E-state index contributed by atoms with van der Waals surface area (Å²) in [5.74, 6) is -0.0250. The Kier molecular flexibility index (Phi) is 6.14. The lowest BCUT2D eigenvalue weighted by Gasteiger charge is -2.28. The zero-order valence-corrected chi connectivity index (χ0v) is 20.6. The van der Waals surface area contributed by atoms with Crippen molar-refractivity contribution >= 4 is 16.0 Å². The van der Waals surface area contributed by atoms with Crippen molar-refractivity contribution in [1.82, 2.24) is 19.7 Å². The molecule has 0 aliphatic carbocycles. The highest BCUT2D eigenvalue weighted by molar-refractivity contribution is 7.92. The molecule has 37 heavy (non-hydrogen) atoms. The van der Waals surface area contributed by atoms with Gasteiger partial charge < -0.3 is 4.74 Å². The number of rotatable bonds is 5. The van der Waals surface area contributed by atoms with Crippen LogP contribution in [0.15, 0.2) is 65.8 Å². The van der Waals surface area contributed by atoms with E-state index in [1.807, 2.05) is 0 Å². The predicted octanol–water partition coefficient (Wildman–Crippen LogP) is 4.92. The summed E-state index contributed by atoms with van der Waals surface area (Å²) < 4.78 is 76.2. The summed E-state index contributed by atoms with van der Waals surface area (Å²) in [6, 6.07) is 11.5. The van der Waals surface area contributed by atoms with Gasteiger partial charge in [-0.15, -0.1) is 0 Å². The monoisotopic (exact) mass is 529 g/mol. The lowest BCUT2D eigenvalue weighted by atomic mass is 9.83. The summed E-state index contributed by atoms with van der Waals surface area (Å²) in [6.45, 7) is 1.98. The lowest BCUT2D eigenvalue weighted by molar-refractivity contribution is -0.137. The molecular weight excluding hydrogens is 507 g/mol. The number of hydrogen-bond donors (Lipinski definition) is 1. The molecule has 3 heterocycles. The Balaban J connectivity index is 1.55. The van der Waals surface area contributed by atoms with Crippen LogP contribution in [0.2, 0.25) is 0 Å². The molecule has 0 spiro atoms. The van der Waals surface area contributed by atoms with Crippen molar-refractivity contribution in [1.29, 1.82) is 0 Å². The highest BCUT2D eigenvalue weighted by atomic mass is 32.2. The van der Waals surface area contributed by atoms with Gasteiger partial charge in [0.05, 0.1) is 22.8 Å². The number of nitrogens with one attached hydrogen (secondary N) is 1. The van der Waals surface area contributed by atoms with Crippen molar-refractivity contribution in [2.45, 2.75) is 30.3 Å². The summed E-state index contributed by atoms with van der Waals surface area (Å²) in [6.07, 6.45) is -1.02.